The minimum atomic E-state index is -3.53. The van der Waals surface area contributed by atoms with Gasteiger partial charge in [0.2, 0.25) is 15.9 Å². The third kappa shape index (κ3) is 6.86. The van der Waals surface area contributed by atoms with Gasteiger partial charge in [-0.3, -0.25) is 9.59 Å². The normalized spacial score (nSPS) is 13.2. The molecule has 88 valence electrons. The molecule has 7 nitrogen and oxygen atoms in total. The molecule has 0 bridgehead atoms. The van der Waals surface area contributed by atoms with E-state index < -0.39 is 27.8 Å². The van der Waals surface area contributed by atoms with Gasteiger partial charge < -0.3 is 10.4 Å². The summed E-state index contributed by atoms with van der Waals surface area (Å²) in [5.41, 5.74) is 0. The van der Waals surface area contributed by atoms with E-state index in [9.17, 15) is 18.0 Å². The fraction of sp³-hybridized carbons (Fsp3) is 0.714. The number of hydrogen-bond acceptors (Lipinski definition) is 4. The van der Waals surface area contributed by atoms with Crippen LogP contribution in [0.15, 0.2) is 0 Å². The van der Waals surface area contributed by atoms with Crippen molar-refractivity contribution in [3.05, 3.63) is 0 Å². The number of carbonyl (C=O) groups is 2. The van der Waals surface area contributed by atoms with E-state index in [4.69, 9.17) is 10.2 Å². The molecule has 0 heterocycles. The lowest BCUT2D eigenvalue weighted by molar-refractivity contribution is -0.146. The molecule has 0 aromatic rings. The van der Waals surface area contributed by atoms with Crippen molar-refractivity contribution in [3.8, 4) is 0 Å². The second-order valence-corrected chi connectivity index (χ2v) is 4.81. The summed E-state index contributed by atoms with van der Waals surface area (Å²) >= 11 is 0. The fourth-order valence-corrected chi connectivity index (χ4v) is 1.30. The Balaban J connectivity index is 3.79. The summed E-state index contributed by atoms with van der Waals surface area (Å²) in [6.45, 7) is 1.34. The van der Waals surface area contributed by atoms with Crippen molar-refractivity contribution in [3.63, 3.8) is 0 Å². The van der Waals surface area contributed by atoms with Crippen molar-refractivity contribution in [2.45, 2.75) is 13.3 Å². The number of carbonyl (C=O) groups excluding carboxylic acids is 1. The summed E-state index contributed by atoms with van der Waals surface area (Å²) in [6, 6.07) is 0. The van der Waals surface area contributed by atoms with Crippen LogP contribution in [0.25, 0.3) is 0 Å². The van der Waals surface area contributed by atoms with Crippen LogP contribution in [-0.2, 0) is 19.6 Å². The fourth-order valence-electron chi connectivity index (χ4n) is 0.750. The molecule has 0 aromatic heterocycles. The van der Waals surface area contributed by atoms with Crippen LogP contribution in [0.1, 0.15) is 13.3 Å². The lowest BCUT2D eigenvalue weighted by atomic mass is 10.2. The van der Waals surface area contributed by atoms with Crippen molar-refractivity contribution in [1.29, 1.82) is 0 Å². The standard InChI is InChI=1S/C7H14N2O5S/c1-5(7(11)12)6(10)9-3-2-4-15(8,13)14/h5H,2-4H2,1H3,(H,9,10)(H,11,12)(H2,8,13,14). The van der Waals surface area contributed by atoms with Crippen LogP contribution in [0.2, 0.25) is 0 Å². The zero-order valence-corrected chi connectivity index (χ0v) is 9.08. The van der Waals surface area contributed by atoms with Crippen LogP contribution in [0.5, 0.6) is 0 Å². The first-order valence-corrected chi connectivity index (χ1v) is 5.96. The van der Waals surface area contributed by atoms with Crippen molar-refractivity contribution in [1.82, 2.24) is 5.32 Å². The molecule has 15 heavy (non-hydrogen) atoms. The van der Waals surface area contributed by atoms with Crippen LogP contribution < -0.4 is 10.5 Å². The third-order valence-electron chi connectivity index (χ3n) is 1.67. The molecule has 8 heteroatoms. The Bertz CT molecular complexity index is 337. The largest absolute Gasteiger partial charge is 0.481 e. The Morgan fingerprint density at radius 2 is 2.00 bits per heavy atom. The molecule has 0 radical (unpaired) electrons. The summed E-state index contributed by atoms with van der Waals surface area (Å²) in [7, 11) is -3.53. The quantitative estimate of drug-likeness (QED) is 0.383. The lowest BCUT2D eigenvalue weighted by Gasteiger charge is -2.07. The predicted molar refractivity (Wildman–Crippen MR) is 52.4 cm³/mol. The first-order chi connectivity index (χ1) is 6.74. The summed E-state index contributed by atoms with van der Waals surface area (Å²) in [5, 5.41) is 15.5. The number of amides is 1. The van der Waals surface area contributed by atoms with Crippen LogP contribution in [0.4, 0.5) is 0 Å². The molecule has 1 unspecified atom stereocenters. The number of sulfonamides is 1. The zero-order valence-electron chi connectivity index (χ0n) is 8.26. The number of nitrogens with one attached hydrogen (secondary N) is 1. The van der Waals surface area contributed by atoms with Gasteiger partial charge in [-0.25, -0.2) is 13.6 Å². The van der Waals surface area contributed by atoms with Crippen molar-refractivity contribution in [2.75, 3.05) is 12.3 Å². The lowest BCUT2D eigenvalue weighted by Crippen LogP contribution is -2.34. The maximum absolute atomic E-state index is 11.0. The average molecular weight is 238 g/mol. The van der Waals surface area contributed by atoms with Crippen molar-refractivity contribution < 1.29 is 23.1 Å². The predicted octanol–water partition coefficient (Wildman–Crippen LogP) is -1.50. The van der Waals surface area contributed by atoms with Gasteiger partial charge in [0.15, 0.2) is 0 Å². The molecule has 0 rings (SSSR count). The first kappa shape index (κ1) is 13.8. The molecule has 0 aliphatic rings. The number of carboxylic acids is 1. The SMILES string of the molecule is CC(C(=O)O)C(=O)NCCCS(N)(=O)=O. The van der Waals surface area contributed by atoms with E-state index in [1.165, 1.54) is 6.92 Å². The van der Waals surface area contributed by atoms with E-state index in [0.29, 0.717) is 0 Å². The Hall–Kier alpha value is -1.15. The minimum absolute atomic E-state index is 0.0902. The number of nitrogens with two attached hydrogens (primary N) is 1. The first-order valence-electron chi connectivity index (χ1n) is 4.25. The molecule has 0 spiro atoms. The van der Waals surface area contributed by atoms with Gasteiger partial charge in [-0.2, -0.15) is 0 Å². The topological polar surface area (TPSA) is 127 Å². The highest BCUT2D eigenvalue weighted by molar-refractivity contribution is 7.89. The molecule has 0 saturated heterocycles. The molecular weight excluding hydrogens is 224 g/mol. The molecular formula is C7H14N2O5S. The molecule has 0 saturated carbocycles. The molecule has 0 aromatic carbocycles. The van der Waals surface area contributed by atoms with Gasteiger partial charge in [-0.05, 0) is 13.3 Å². The van der Waals surface area contributed by atoms with Gasteiger partial charge in [-0.15, -0.1) is 0 Å². The number of aliphatic carboxylic acids is 1. The van der Waals surface area contributed by atoms with Gasteiger partial charge in [0.05, 0.1) is 5.75 Å². The monoisotopic (exact) mass is 238 g/mol. The summed E-state index contributed by atoms with van der Waals surface area (Å²) in [6.07, 6.45) is 0.164. The second-order valence-electron chi connectivity index (χ2n) is 3.07. The van der Waals surface area contributed by atoms with Crippen molar-refractivity contribution >= 4 is 21.9 Å². The Morgan fingerprint density at radius 3 is 2.40 bits per heavy atom. The van der Waals surface area contributed by atoms with Gasteiger partial charge in [0.25, 0.3) is 0 Å². The van der Waals surface area contributed by atoms with Crippen LogP contribution in [0, 0.1) is 5.92 Å². The highest BCUT2D eigenvalue weighted by Gasteiger charge is 2.19. The smallest absolute Gasteiger partial charge is 0.315 e. The van der Waals surface area contributed by atoms with Crippen LogP contribution >= 0.6 is 0 Å². The van der Waals surface area contributed by atoms with Gasteiger partial charge in [-0.1, -0.05) is 0 Å². The number of hydrogen-bond donors (Lipinski definition) is 3. The minimum Gasteiger partial charge on any atom is -0.481 e. The van der Waals surface area contributed by atoms with Crippen LogP contribution in [-0.4, -0.2) is 37.7 Å². The average Bonchev–Trinajstić information content (AvgIpc) is 2.09. The van der Waals surface area contributed by atoms with E-state index in [2.05, 4.69) is 5.32 Å². The number of rotatable bonds is 6. The van der Waals surface area contributed by atoms with Gasteiger partial charge >= 0.3 is 5.97 Å². The van der Waals surface area contributed by atoms with Crippen LogP contribution in [0.3, 0.4) is 0 Å². The zero-order chi connectivity index (χ0) is 12.1. The number of primary sulfonamides is 1. The van der Waals surface area contributed by atoms with Gasteiger partial charge in [0, 0.05) is 6.54 Å². The molecule has 4 N–H and O–H groups in total. The molecule has 0 aliphatic carbocycles. The van der Waals surface area contributed by atoms with Gasteiger partial charge in [0.1, 0.15) is 5.92 Å². The Morgan fingerprint density at radius 1 is 1.47 bits per heavy atom. The second kappa shape index (κ2) is 5.66. The third-order valence-corrected chi connectivity index (χ3v) is 2.53. The van der Waals surface area contributed by atoms with E-state index in [-0.39, 0.29) is 18.7 Å². The van der Waals surface area contributed by atoms with E-state index in [1.54, 1.807) is 0 Å². The van der Waals surface area contributed by atoms with E-state index in [1.807, 2.05) is 0 Å². The molecule has 0 aliphatic heterocycles. The summed E-state index contributed by atoms with van der Waals surface area (Å²) in [5.74, 6) is -3.25. The summed E-state index contributed by atoms with van der Waals surface area (Å²) < 4.78 is 21.0. The maximum atomic E-state index is 11.0. The van der Waals surface area contributed by atoms with Crippen molar-refractivity contribution in [2.24, 2.45) is 11.1 Å². The number of carboxylic acid groups (broad SMARTS) is 1. The summed E-state index contributed by atoms with van der Waals surface area (Å²) in [4.78, 5) is 21.4. The maximum Gasteiger partial charge on any atom is 0.315 e. The molecule has 1 amide bonds. The Labute approximate surface area is 87.7 Å². The highest BCUT2D eigenvalue weighted by Crippen LogP contribution is 1.94. The molecule has 0 fully saturated rings. The van der Waals surface area contributed by atoms with E-state index in [0.717, 1.165) is 0 Å². The molecule has 1 atom stereocenters. The van der Waals surface area contributed by atoms with E-state index >= 15 is 0 Å². The Kier molecular flexibility index (Phi) is 5.23. The highest BCUT2D eigenvalue weighted by atomic mass is 32.2.